The normalized spacial score (nSPS) is 15.7. The number of fused-ring (bicyclic) bond motifs is 10. The third-order valence-corrected chi connectivity index (χ3v) is 12.9. The Morgan fingerprint density at radius 1 is 0.419 bits per heavy atom. The van der Waals surface area contributed by atoms with Crippen LogP contribution in [-0.4, -0.2) is 25.6 Å². The molecule has 0 radical (unpaired) electrons. The van der Waals surface area contributed by atoms with Gasteiger partial charge in [0.25, 0.3) is 0 Å². The molecule has 2 unspecified atom stereocenters. The van der Waals surface area contributed by atoms with Gasteiger partial charge in [-0.2, -0.15) is 0 Å². The average molecular weight is 792 g/mol. The summed E-state index contributed by atoms with van der Waals surface area (Å²) in [4.78, 5) is 18.3. The summed E-state index contributed by atoms with van der Waals surface area (Å²) in [6.07, 6.45) is 7.21. The third-order valence-electron chi connectivity index (χ3n) is 12.9. The van der Waals surface area contributed by atoms with E-state index in [-0.39, 0.29) is 12.0 Å². The second kappa shape index (κ2) is 13.7. The predicted octanol–water partition coefficient (Wildman–Crippen LogP) is 14.0. The van der Waals surface area contributed by atoms with Gasteiger partial charge >= 0.3 is 0 Å². The zero-order valence-electron chi connectivity index (χ0n) is 33.6. The fourth-order valence-electron chi connectivity index (χ4n) is 10.1. The Hall–Kier alpha value is -8.15. The van der Waals surface area contributed by atoms with Crippen molar-refractivity contribution in [3.8, 4) is 28.5 Å². The molecule has 0 fully saturated rings. The molecule has 0 bridgehead atoms. The van der Waals surface area contributed by atoms with Crippen molar-refractivity contribution in [2.24, 2.45) is 0 Å². The van der Waals surface area contributed by atoms with Gasteiger partial charge in [-0.25, -0.2) is 15.0 Å². The van der Waals surface area contributed by atoms with E-state index in [1.165, 1.54) is 55.0 Å². The Labute approximate surface area is 358 Å². The Morgan fingerprint density at radius 3 is 1.87 bits per heavy atom. The fraction of sp³-hybridized carbons (Fsp3) is 0.0351. The minimum Gasteiger partial charge on any atom is -0.333 e. The van der Waals surface area contributed by atoms with Gasteiger partial charge in [-0.3, -0.25) is 4.57 Å². The Balaban J connectivity index is 0.961. The summed E-state index contributed by atoms with van der Waals surface area (Å²) in [5.41, 5.74) is 14.3. The first-order chi connectivity index (χ1) is 30.7. The summed E-state index contributed by atoms with van der Waals surface area (Å²) in [7, 11) is 0. The number of anilines is 2. The molecule has 3 aromatic heterocycles. The van der Waals surface area contributed by atoms with Crippen LogP contribution in [0, 0.1) is 0 Å². The largest absolute Gasteiger partial charge is 0.333 e. The van der Waals surface area contributed by atoms with Crippen LogP contribution in [0.25, 0.3) is 88.4 Å². The van der Waals surface area contributed by atoms with Crippen molar-refractivity contribution < 1.29 is 0 Å². The van der Waals surface area contributed by atoms with Crippen LogP contribution < -0.4 is 4.90 Å². The third kappa shape index (κ3) is 5.31. The van der Waals surface area contributed by atoms with Crippen LogP contribution in [0.5, 0.6) is 0 Å². The van der Waals surface area contributed by atoms with Crippen LogP contribution in [0.1, 0.15) is 17.0 Å². The van der Waals surface area contributed by atoms with Crippen LogP contribution in [0.15, 0.2) is 212 Å². The molecule has 290 valence electrons. The first-order valence-electron chi connectivity index (χ1n) is 21.3. The molecule has 0 saturated heterocycles. The summed E-state index contributed by atoms with van der Waals surface area (Å²) in [6.45, 7) is 0. The quantitative estimate of drug-likeness (QED) is 0.163. The van der Waals surface area contributed by atoms with Gasteiger partial charge in [0, 0.05) is 55.4 Å². The molecular formula is C57H37N5. The van der Waals surface area contributed by atoms with Crippen LogP contribution in [-0.2, 0) is 0 Å². The number of nitrogens with zero attached hydrogens (tertiary/aromatic N) is 5. The lowest BCUT2D eigenvalue weighted by Gasteiger charge is -2.29. The van der Waals surface area contributed by atoms with Gasteiger partial charge in [-0.15, -0.1) is 0 Å². The molecule has 4 heterocycles. The van der Waals surface area contributed by atoms with E-state index in [0.29, 0.717) is 5.95 Å². The number of pyridine rings is 1. The Kier molecular flexibility index (Phi) is 7.66. The first kappa shape index (κ1) is 34.7. The maximum absolute atomic E-state index is 5.30. The number of para-hydroxylation sites is 4. The summed E-state index contributed by atoms with van der Waals surface area (Å²) in [6, 6.07) is 69.2. The number of aromatic nitrogens is 4. The minimum absolute atomic E-state index is 0.122. The molecular weight excluding hydrogens is 755 g/mol. The van der Waals surface area contributed by atoms with Crippen molar-refractivity contribution in [2.45, 2.75) is 12.0 Å². The SMILES string of the molecule is C1=CC2C(C=C1c1ccc3c(c1)c1ccccc1n3-c1nc(-c3ccccc3)c3ccccc3n1)c1cc(-c3nc4ccccc4c4ccccc34)ccc1N2c1ccccc1. The molecule has 0 N–H and O–H groups in total. The topological polar surface area (TPSA) is 46.8 Å². The van der Waals surface area contributed by atoms with E-state index >= 15 is 0 Å². The molecule has 8 aromatic carbocycles. The van der Waals surface area contributed by atoms with E-state index < -0.39 is 0 Å². The van der Waals surface area contributed by atoms with Gasteiger partial charge < -0.3 is 4.90 Å². The van der Waals surface area contributed by atoms with Crippen LogP contribution in [0.4, 0.5) is 11.4 Å². The van der Waals surface area contributed by atoms with Gasteiger partial charge in [0.1, 0.15) is 0 Å². The number of hydrogen-bond donors (Lipinski definition) is 0. The second-order valence-corrected chi connectivity index (χ2v) is 16.3. The van der Waals surface area contributed by atoms with Crippen molar-refractivity contribution in [3.63, 3.8) is 0 Å². The Morgan fingerprint density at radius 2 is 1.05 bits per heavy atom. The lowest BCUT2D eigenvalue weighted by Crippen LogP contribution is -2.28. The summed E-state index contributed by atoms with van der Waals surface area (Å²) < 4.78 is 2.23. The average Bonchev–Trinajstić information content (AvgIpc) is 3.85. The smallest absolute Gasteiger partial charge is 0.235 e. The van der Waals surface area contributed by atoms with Crippen molar-refractivity contribution in [3.05, 3.63) is 223 Å². The van der Waals surface area contributed by atoms with E-state index in [0.717, 1.165) is 50.0 Å². The molecule has 11 aromatic rings. The Bertz CT molecular complexity index is 3660. The first-order valence-corrected chi connectivity index (χ1v) is 21.3. The summed E-state index contributed by atoms with van der Waals surface area (Å²) >= 11 is 0. The highest BCUT2D eigenvalue weighted by molar-refractivity contribution is 6.12. The lowest BCUT2D eigenvalue weighted by atomic mass is 9.85. The summed E-state index contributed by atoms with van der Waals surface area (Å²) in [5, 5.41) is 6.94. The van der Waals surface area contributed by atoms with Crippen LogP contribution in [0.2, 0.25) is 0 Å². The molecule has 0 spiro atoms. The van der Waals surface area contributed by atoms with Gasteiger partial charge in [-0.05, 0) is 76.7 Å². The molecule has 5 heteroatoms. The van der Waals surface area contributed by atoms with E-state index in [9.17, 15) is 0 Å². The van der Waals surface area contributed by atoms with Gasteiger partial charge in [0.15, 0.2) is 0 Å². The fourth-order valence-corrected chi connectivity index (χ4v) is 10.1. The minimum atomic E-state index is 0.122. The van der Waals surface area contributed by atoms with Crippen LogP contribution in [0.3, 0.4) is 0 Å². The van der Waals surface area contributed by atoms with E-state index in [1.54, 1.807) is 0 Å². The highest BCUT2D eigenvalue weighted by atomic mass is 15.2. The molecule has 0 saturated carbocycles. The molecule has 1 aliphatic heterocycles. The zero-order valence-corrected chi connectivity index (χ0v) is 33.6. The maximum atomic E-state index is 5.30. The predicted molar refractivity (Wildman–Crippen MR) is 256 cm³/mol. The molecule has 0 amide bonds. The highest BCUT2D eigenvalue weighted by Gasteiger charge is 2.39. The molecule has 62 heavy (non-hydrogen) atoms. The lowest BCUT2D eigenvalue weighted by molar-refractivity contribution is 0.747. The molecule has 5 nitrogen and oxygen atoms in total. The van der Waals surface area contributed by atoms with Crippen molar-refractivity contribution in [1.82, 2.24) is 19.5 Å². The number of benzene rings is 8. The van der Waals surface area contributed by atoms with Crippen molar-refractivity contribution >= 4 is 71.3 Å². The number of rotatable bonds is 5. The van der Waals surface area contributed by atoms with Crippen molar-refractivity contribution in [2.75, 3.05) is 4.90 Å². The zero-order chi connectivity index (χ0) is 40.7. The molecule has 2 aliphatic rings. The monoisotopic (exact) mass is 791 g/mol. The summed E-state index contributed by atoms with van der Waals surface area (Å²) in [5.74, 6) is 0.783. The molecule has 1 aliphatic carbocycles. The standard InChI is InChI=1S/C57H37N5/c1-3-15-36(16-4-1)55-45-23-10-13-25-50(45)59-57(60-55)62-51-26-14-11-21-43(51)46-33-37(28-31-54(46)62)38-27-30-52-47(34-38)48-35-39(29-32-53(48)61(52)40-17-5-2-6-18-40)56-44-22-8-7-19-41(44)42-20-9-12-24-49(42)58-56/h1-35,47,52H. The van der Waals surface area contributed by atoms with Gasteiger partial charge in [0.05, 0.1) is 39.5 Å². The maximum Gasteiger partial charge on any atom is 0.235 e. The molecule has 13 rings (SSSR count). The van der Waals surface area contributed by atoms with E-state index in [2.05, 4.69) is 210 Å². The van der Waals surface area contributed by atoms with Gasteiger partial charge in [0.2, 0.25) is 5.95 Å². The van der Waals surface area contributed by atoms with Gasteiger partial charge in [-0.1, -0.05) is 158 Å². The second-order valence-electron chi connectivity index (χ2n) is 16.3. The number of allylic oxidation sites excluding steroid dienone is 2. The van der Waals surface area contributed by atoms with E-state index in [4.69, 9.17) is 15.0 Å². The van der Waals surface area contributed by atoms with E-state index in [1.807, 2.05) is 12.1 Å². The molecule has 2 atom stereocenters. The number of hydrogen-bond acceptors (Lipinski definition) is 4. The van der Waals surface area contributed by atoms with Crippen LogP contribution >= 0.6 is 0 Å². The highest BCUT2D eigenvalue weighted by Crippen LogP contribution is 2.51. The van der Waals surface area contributed by atoms with Crippen molar-refractivity contribution in [1.29, 1.82) is 0 Å².